The first-order chi connectivity index (χ1) is 12.3. The van der Waals surface area contributed by atoms with Gasteiger partial charge in [-0.05, 0) is 48.6 Å². The summed E-state index contributed by atoms with van der Waals surface area (Å²) < 4.78 is 11.3. The molecule has 0 fully saturated rings. The monoisotopic (exact) mass is 355 g/mol. The molecule has 0 atom stereocenters. The van der Waals surface area contributed by atoms with E-state index in [0.29, 0.717) is 23.3 Å². The van der Waals surface area contributed by atoms with Gasteiger partial charge in [0, 0.05) is 0 Å². The van der Waals surface area contributed by atoms with Gasteiger partial charge in [0.15, 0.2) is 0 Å². The number of hydrogen-bond acceptors (Lipinski definition) is 5. The SMILES string of the molecule is COc1ccc2c(c1NCc1nnc(-c3ccccc3Cl)o1)CCC2. The van der Waals surface area contributed by atoms with E-state index in [9.17, 15) is 0 Å². The van der Waals surface area contributed by atoms with Gasteiger partial charge in [-0.2, -0.15) is 0 Å². The third-order valence-electron chi connectivity index (χ3n) is 4.45. The van der Waals surface area contributed by atoms with E-state index in [-0.39, 0.29) is 0 Å². The molecular weight excluding hydrogens is 338 g/mol. The number of ether oxygens (including phenoxy) is 1. The average molecular weight is 356 g/mol. The van der Waals surface area contributed by atoms with Gasteiger partial charge in [0.2, 0.25) is 11.8 Å². The van der Waals surface area contributed by atoms with Crippen LogP contribution in [0, 0.1) is 0 Å². The first kappa shape index (κ1) is 16.0. The third-order valence-corrected chi connectivity index (χ3v) is 4.78. The quantitative estimate of drug-likeness (QED) is 0.730. The highest BCUT2D eigenvalue weighted by atomic mass is 35.5. The smallest absolute Gasteiger partial charge is 0.249 e. The van der Waals surface area contributed by atoms with Crippen molar-refractivity contribution in [2.75, 3.05) is 12.4 Å². The maximum atomic E-state index is 6.18. The Labute approximate surface area is 151 Å². The second-order valence-corrected chi connectivity index (χ2v) is 6.38. The fourth-order valence-corrected chi connectivity index (χ4v) is 3.46. The molecule has 1 aromatic heterocycles. The second kappa shape index (κ2) is 6.76. The van der Waals surface area contributed by atoms with Crippen LogP contribution >= 0.6 is 11.6 Å². The van der Waals surface area contributed by atoms with Gasteiger partial charge in [0.1, 0.15) is 5.75 Å². The number of fused-ring (bicyclic) bond motifs is 1. The van der Waals surface area contributed by atoms with Crippen molar-refractivity contribution in [1.82, 2.24) is 10.2 Å². The van der Waals surface area contributed by atoms with E-state index in [2.05, 4.69) is 21.6 Å². The van der Waals surface area contributed by atoms with E-state index in [1.807, 2.05) is 24.3 Å². The zero-order valence-electron chi connectivity index (χ0n) is 13.9. The van der Waals surface area contributed by atoms with Crippen LogP contribution in [0.1, 0.15) is 23.4 Å². The lowest BCUT2D eigenvalue weighted by atomic mass is 10.1. The van der Waals surface area contributed by atoms with E-state index < -0.39 is 0 Å². The van der Waals surface area contributed by atoms with Crippen molar-refractivity contribution in [1.29, 1.82) is 0 Å². The lowest BCUT2D eigenvalue weighted by Crippen LogP contribution is -2.05. The van der Waals surface area contributed by atoms with Crippen molar-refractivity contribution >= 4 is 17.3 Å². The van der Waals surface area contributed by atoms with Crippen LogP contribution in [0.4, 0.5) is 5.69 Å². The van der Waals surface area contributed by atoms with Crippen LogP contribution in [-0.4, -0.2) is 17.3 Å². The summed E-state index contributed by atoms with van der Waals surface area (Å²) in [5, 5.41) is 12.2. The first-order valence-electron chi connectivity index (χ1n) is 8.26. The fraction of sp³-hybridized carbons (Fsp3) is 0.263. The van der Waals surface area contributed by atoms with Gasteiger partial charge >= 0.3 is 0 Å². The van der Waals surface area contributed by atoms with Crippen molar-refractivity contribution in [3.63, 3.8) is 0 Å². The number of aromatic nitrogens is 2. The minimum atomic E-state index is 0.424. The molecule has 1 N–H and O–H groups in total. The number of nitrogens with one attached hydrogen (secondary N) is 1. The molecule has 0 saturated heterocycles. The Morgan fingerprint density at radius 3 is 2.88 bits per heavy atom. The number of anilines is 1. The van der Waals surface area contributed by atoms with Gasteiger partial charge in [0.05, 0.1) is 29.9 Å². The molecular formula is C19H18ClN3O2. The molecule has 4 rings (SSSR count). The summed E-state index contributed by atoms with van der Waals surface area (Å²) in [5.74, 6) is 1.77. The Bertz CT molecular complexity index is 907. The fourth-order valence-electron chi connectivity index (χ4n) is 3.24. The van der Waals surface area contributed by atoms with Gasteiger partial charge in [-0.25, -0.2) is 0 Å². The number of aryl methyl sites for hydroxylation is 1. The number of halogens is 1. The van der Waals surface area contributed by atoms with Crippen molar-refractivity contribution in [3.05, 3.63) is 58.4 Å². The summed E-state index contributed by atoms with van der Waals surface area (Å²) in [5.41, 5.74) is 4.46. The highest BCUT2D eigenvalue weighted by Crippen LogP contribution is 2.36. The molecule has 2 aromatic carbocycles. The summed E-state index contributed by atoms with van der Waals surface area (Å²) in [6, 6.07) is 11.6. The molecule has 25 heavy (non-hydrogen) atoms. The molecule has 0 saturated carbocycles. The molecule has 0 bridgehead atoms. The lowest BCUT2D eigenvalue weighted by Gasteiger charge is -2.14. The maximum absolute atomic E-state index is 6.18. The second-order valence-electron chi connectivity index (χ2n) is 5.97. The molecule has 0 amide bonds. The molecule has 0 unspecified atom stereocenters. The number of rotatable bonds is 5. The van der Waals surface area contributed by atoms with Crippen LogP contribution in [0.15, 0.2) is 40.8 Å². The average Bonchev–Trinajstić information content (AvgIpc) is 3.29. The van der Waals surface area contributed by atoms with Crippen LogP contribution in [0.25, 0.3) is 11.5 Å². The predicted molar refractivity (Wildman–Crippen MR) is 97.1 cm³/mol. The largest absolute Gasteiger partial charge is 0.495 e. The van der Waals surface area contributed by atoms with Crippen LogP contribution in [0.5, 0.6) is 5.75 Å². The van der Waals surface area contributed by atoms with E-state index in [0.717, 1.165) is 29.8 Å². The molecule has 6 heteroatoms. The Balaban J connectivity index is 1.55. The molecule has 5 nitrogen and oxygen atoms in total. The zero-order valence-corrected chi connectivity index (χ0v) is 14.6. The van der Waals surface area contributed by atoms with E-state index in [1.165, 1.54) is 17.5 Å². The highest BCUT2D eigenvalue weighted by molar-refractivity contribution is 6.33. The standard InChI is InChI=1S/C19H18ClN3O2/c1-24-16-10-9-12-5-4-7-13(12)18(16)21-11-17-22-23-19(25-17)14-6-2-3-8-15(14)20/h2-3,6,8-10,21H,4-5,7,11H2,1H3. The van der Waals surface area contributed by atoms with Crippen molar-refractivity contribution in [3.8, 4) is 17.2 Å². The van der Waals surface area contributed by atoms with Gasteiger partial charge < -0.3 is 14.5 Å². The van der Waals surface area contributed by atoms with Gasteiger partial charge in [-0.15, -0.1) is 10.2 Å². The molecule has 1 aliphatic rings. The Hall–Kier alpha value is -2.53. The van der Waals surface area contributed by atoms with E-state index in [4.69, 9.17) is 20.8 Å². The van der Waals surface area contributed by atoms with Crippen LogP contribution < -0.4 is 10.1 Å². The minimum Gasteiger partial charge on any atom is -0.495 e. The first-order valence-corrected chi connectivity index (χ1v) is 8.64. The maximum Gasteiger partial charge on any atom is 0.249 e. The Morgan fingerprint density at radius 1 is 1.16 bits per heavy atom. The number of benzene rings is 2. The van der Waals surface area contributed by atoms with Gasteiger partial charge in [0.25, 0.3) is 0 Å². The Morgan fingerprint density at radius 2 is 2.04 bits per heavy atom. The van der Waals surface area contributed by atoms with Crippen molar-refractivity contribution < 1.29 is 9.15 Å². The minimum absolute atomic E-state index is 0.424. The predicted octanol–water partition coefficient (Wildman–Crippen LogP) is 4.50. The summed E-state index contributed by atoms with van der Waals surface area (Å²) in [4.78, 5) is 0. The lowest BCUT2D eigenvalue weighted by molar-refractivity contribution is 0.415. The Kier molecular flexibility index (Phi) is 4.32. The number of methoxy groups -OCH3 is 1. The van der Waals surface area contributed by atoms with Crippen molar-refractivity contribution in [2.24, 2.45) is 0 Å². The summed E-state index contributed by atoms with van der Waals surface area (Å²) in [7, 11) is 1.68. The molecule has 0 aliphatic heterocycles. The van der Waals surface area contributed by atoms with Crippen molar-refractivity contribution in [2.45, 2.75) is 25.8 Å². The molecule has 128 valence electrons. The van der Waals surface area contributed by atoms with E-state index in [1.54, 1.807) is 13.2 Å². The molecule has 3 aromatic rings. The molecule has 0 radical (unpaired) electrons. The van der Waals surface area contributed by atoms with Crippen LogP contribution in [-0.2, 0) is 19.4 Å². The number of hydrogen-bond donors (Lipinski definition) is 1. The molecule has 0 spiro atoms. The van der Waals surface area contributed by atoms with Gasteiger partial charge in [-0.3, -0.25) is 0 Å². The molecule has 1 heterocycles. The zero-order chi connectivity index (χ0) is 17.2. The summed E-state index contributed by atoms with van der Waals surface area (Å²) >= 11 is 6.18. The van der Waals surface area contributed by atoms with Crippen LogP contribution in [0.3, 0.4) is 0 Å². The molecule has 1 aliphatic carbocycles. The highest BCUT2D eigenvalue weighted by Gasteiger charge is 2.19. The summed E-state index contributed by atoms with van der Waals surface area (Å²) in [6.07, 6.45) is 3.35. The third kappa shape index (κ3) is 3.07. The topological polar surface area (TPSA) is 60.2 Å². The summed E-state index contributed by atoms with van der Waals surface area (Å²) in [6.45, 7) is 0.435. The van der Waals surface area contributed by atoms with Crippen LogP contribution in [0.2, 0.25) is 5.02 Å². The van der Waals surface area contributed by atoms with Gasteiger partial charge in [-0.1, -0.05) is 29.8 Å². The normalized spacial score (nSPS) is 12.9. The number of nitrogens with zero attached hydrogens (tertiary/aromatic N) is 2. The van der Waals surface area contributed by atoms with E-state index >= 15 is 0 Å².